The maximum absolute atomic E-state index is 9.17. The summed E-state index contributed by atoms with van der Waals surface area (Å²) in [5, 5.41) is 9.02. The molecule has 7 heteroatoms. The molecule has 0 N–H and O–H groups in total. The Morgan fingerprint density at radius 3 is 1.24 bits per heavy atom. The van der Waals surface area contributed by atoms with Gasteiger partial charge in [0.1, 0.15) is 22.3 Å². The van der Waals surface area contributed by atoms with Crippen molar-refractivity contribution in [3.63, 3.8) is 0 Å². The summed E-state index contributed by atoms with van der Waals surface area (Å²) in [6.07, 6.45) is 0. The first-order valence-electron chi connectivity index (χ1n) is 41.9. The monoisotopic (exact) mass is 1530 g/mol. The van der Waals surface area contributed by atoms with E-state index in [2.05, 4.69) is 363 Å². The quantitative estimate of drug-likeness (QED) is 0.135. The fourth-order valence-electron chi connectivity index (χ4n) is 19.0. The Hall–Kier alpha value is -12.8. The van der Waals surface area contributed by atoms with E-state index >= 15 is 0 Å². The Labute approximate surface area is 689 Å². The van der Waals surface area contributed by atoms with Crippen molar-refractivity contribution >= 4 is 164 Å². The number of hydrogen-bond acceptors (Lipinski definition) is 6. The second-order valence-electron chi connectivity index (χ2n) is 34.8. The number of fused-ring (bicyclic) bond motifs is 16. The molecule has 2 aliphatic rings. The number of nitrogens with zero attached hydrogens (tertiary/aromatic N) is 2. The summed E-state index contributed by atoms with van der Waals surface area (Å²) >= 11 is 3.69. The molecule has 0 saturated carbocycles. The minimum atomic E-state index is -2.41. The fraction of sp³-hybridized carbons (Fsp3) is 0.119. The molecule has 0 radical (unpaired) electrons. The number of para-hydroxylation sites is 3. The van der Waals surface area contributed by atoms with Crippen LogP contribution in [0.15, 0.2) is 330 Å². The Bertz CT molecular complexity index is 7360. The molecule has 0 aliphatic carbocycles. The van der Waals surface area contributed by atoms with Crippen LogP contribution < -0.4 is 26.2 Å². The van der Waals surface area contributed by atoms with Crippen LogP contribution in [0.4, 0.5) is 34.1 Å². The first-order chi connectivity index (χ1) is 57.5. The van der Waals surface area contributed by atoms with E-state index in [1.165, 1.54) is 51.5 Å². The molecule has 0 atom stereocenters. The van der Waals surface area contributed by atoms with Crippen molar-refractivity contribution in [2.75, 3.05) is 9.80 Å². The third-order valence-electron chi connectivity index (χ3n) is 24.6. The zero-order valence-electron chi connectivity index (χ0n) is 69.2. The highest BCUT2D eigenvalue weighted by atomic mass is 32.1. The van der Waals surface area contributed by atoms with Gasteiger partial charge >= 0.3 is 0 Å². The second-order valence-corrected chi connectivity index (χ2v) is 37.0. The number of aryl methyl sites for hydroxylation is 1. The number of furan rings is 2. The van der Waals surface area contributed by atoms with Gasteiger partial charge in [0.25, 0.3) is 6.71 Å². The molecular weight excluding hydrogens is 1440 g/mol. The van der Waals surface area contributed by atoms with E-state index in [4.69, 9.17) is 12.9 Å². The van der Waals surface area contributed by atoms with Gasteiger partial charge in [-0.15, -0.1) is 22.7 Å². The lowest BCUT2D eigenvalue weighted by Crippen LogP contribution is -2.61. The van der Waals surface area contributed by atoms with Crippen molar-refractivity contribution in [2.24, 2.45) is 0 Å². The van der Waals surface area contributed by atoms with E-state index in [-0.39, 0.29) is 16.4 Å². The first kappa shape index (κ1) is 66.6. The molecule has 556 valence electrons. The number of benzene rings is 16. The third kappa shape index (κ3) is 11.1. The third-order valence-corrected chi connectivity index (χ3v) is 26.9. The lowest BCUT2D eigenvalue weighted by atomic mass is 9.33. The van der Waals surface area contributed by atoms with Gasteiger partial charge in [0.2, 0.25) is 0 Å². The molecule has 0 bridgehead atoms. The molecular formula is C109H83BN2O2S2. The highest BCUT2D eigenvalue weighted by Gasteiger charge is 2.47. The zero-order chi connectivity index (χ0) is 80.9. The van der Waals surface area contributed by atoms with Crippen molar-refractivity contribution in [3.8, 4) is 77.9 Å². The van der Waals surface area contributed by atoms with Crippen LogP contribution in [0.5, 0.6) is 0 Å². The molecule has 6 heterocycles. The van der Waals surface area contributed by atoms with E-state index < -0.39 is 19.0 Å². The molecule has 4 aromatic heterocycles. The number of thiophene rings is 2. The van der Waals surface area contributed by atoms with Crippen molar-refractivity contribution in [3.05, 3.63) is 344 Å². The normalized spacial score (nSPS) is 13.5. The Morgan fingerprint density at radius 1 is 0.276 bits per heavy atom. The zero-order valence-corrected chi connectivity index (χ0v) is 67.8. The van der Waals surface area contributed by atoms with Crippen molar-refractivity contribution in [1.82, 2.24) is 0 Å². The van der Waals surface area contributed by atoms with Crippen molar-refractivity contribution in [1.29, 1.82) is 0 Å². The molecule has 20 aromatic rings. The standard InChI is InChI=1S/C109H83BN2O2S2/c1-64-55-69(65-27-12-11-13-28-65)57-70(56-64)67-50-54-88-87(58-67)110-86-53-49-68(66-47-51-71(52-48-66)107(2,3)4)59-89(86)112(106-84(76-33-23-41-94-100(76)80-29-14-18-39-92(80)113-94)60-72(108(5,6)7)61-85(106)77-34-24-42-95-101(77)81-30-15-19-40-93(81)114-95)91-63-73(109(8,9)10)62-90(104(91)110)111(88)105-78(74-35-25-45-98-102(74)82-31-16-20-43-96(82)115-98)37-22-38-79(105)75-36-26-46-99-103(75)83-32-17-21-44-97(83)116-99/h11-63H,1-10H3/i1D3. The average Bonchev–Trinajstić information content (AvgIpc) is 1.41. The second kappa shape index (κ2) is 26.1. The largest absolute Gasteiger partial charge is 0.456 e. The van der Waals surface area contributed by atoms with Crippen LogP contribution in [0.1, 0.15) is 88.7 Å². The van der Waals surface area contributed by atoms with Crippen LogP contribution in [-0.2, 0) is 16.2 Å². The Kier molecular flexibility index (Phi) is 15.0. The van der Waals surface area contributed by atoms with E-state index in [0.29, 0.717) is 0 Å². The summed E-state index contributed by atoms with van der Waals surface area (Å²) in [4.78, 5) is 5.38. The van der Waals surface area contributed by atoms with Crippen molar-refractivity contribution < 1.29 is 12.9 Å². The predicted molar refractivity (Wildman–Crippen MR) is 500 cm³/mol. The van der Waals surface area contributed by atoms with Gasteiger partial charge in [0.05, 0.1) is 11.4 Å². The number of anilines is 6. The molecule has 0 spiro atoms. The summed E-state index contributed by atoms with van der Waals surface area (Å²) in [6, 6.07) is 119. The van der Waals surface area contributed by atoms with Gasteiger partial charge in [0.15, 0.2) is 0 Å². The number of rotatable bonds is 9. The lowest BCUT2D eigenvalue weighted by molar-refractivity contribution is 0.590. The van der Waals surface area contributed by atoms with Crippen LogP contribution in [0.3, 0.4) is 0 Å². The summed E-state index contributed by atoms with van der Waals surface area (Å²) in [7, 11) is 0. The smallest absolute Gasteiger partial charge is 0.252 e. The van der Waals surface area contributed by atoms with Crippen LogP contribution in [0.25, 0.3) is 162 Å². The minimum Gasteiger partial charge on any atom is -0.456 e. The van der Waals surface area contributed by atoms with Gasteiger partial charge < -0.3 is 18.6 Å². The molecule has 16 aromatic carbocycles. The summed E-state index contributed by atoms with van der Waals surface area (Å²) in [5.41, 5.74) is 30.1. The molecule has 2 aliphatic heterocycles. The number of hydrogen-bond donors (Lipinski definition) is 0. The van der Waals surface area contributed by atoms with Gasteiger partial charge in [-0.1, -0.05) is 293 Å². The molecule has 0 fully saturated rings. The van der Waals surface area contributed by atoms with Crippen LogP contribution in [-0.4, -0.2) is 6.71 Å². The topological polar surface area (TPSA) is 32.8 Å². The Balaban J connectivity index is 0.940. The van der Waals surface area contributed by atoms with Crippen molar-refractivity contribution in [2.45, 2.75) is 85.4 Å². The van der Waals surface area contributed by atoms with Crippen LogP contribution in [0, 0.1) is 6.85 Å². The highest BCUT2D eigenvalue weighted by Crippen LogP contribution is 2.59. The van der Waals surface area contributed by atoms with Gasteiger partial charge in [-0.2, -0.15) is 0 Å². The average molecular weight is 1530 g/mol. The molecule has 0 unspecified atom stereocenters. The van der Waals surface area contributed by atoms with E-state index in [1.807, 2.05) is 53.0 Å². The van der Waals surface area contributed by atoms with Gasteiger partial charge in [-0.25, -0.2) is 0 Å². The van der Waals surface area contributed by atoms with E-state index in [1.54, 1.807) is 0 Å². The van der Waals surface area contributed by atoms with Crippen LogP contribution >= 0.6 is 22.7 Å². The van der Waals surface area contributed by atoms with E-state index in [0.717, 1.165) is 178 Å². The molecule has 22 rings (SSSR count). The lowest BCUT2D eigenvalue weighted by Gasteiger charge is -2.46. The summed E-state index contributed by atoms with van der Waals surface area (Å²) < 4.78 is 46.4. The van der Waals surface area contributed by atoms with Gasteiger partial charge in [0, 0.05) is 111 Å². The summed E-state index contributed by atoms with van der Waals surface area (Å²) in [5.74, 6) is 0. The Morgan fingerprint density at radius 2 is 0.690 bits per heavy atom. The fourth-order valence-corrected chi connectivity index (χ4v) is 21.2. The van der Waals surface area contributed by atoms with Gasteiger partial charge in [-0.3, -0.25) is 0 Å². The van der Waals surface area contributed by atoms with Crippen LogP contribution in [0.2, 0.25) is 0 Å². The molecule has 0 amide bonds. The minimum absolute atomic E-state index is 0.0769. The maximum Gasteiger partial charge on any atom is 0.252 e. The van der Waals surface area contributed by atoms with Gasteiger partial charge in [-0.05, 0) is 208 Å². The predicted octanol–water partition coefficient (Wildman–Crippen LogP) is 30.2. The molecule has 116 heavy (non-hydrogen) atoms. The maximum atomic E-state index is 9.17. The van der Waals surface area contributed by atoms with E-state index in [9.17, 15) is 0 Å². The SMILES string of the molecule is [2H]C([2H])([2H])c1cc(-c2ccccc2)cc(-c2ccc3c(c2)B2c4ccc(-c5ccc(C(C)(C)C)cc5)cc4N(c4c(-c5cccc6oc7ccccc7c56)cc(C(C)(C)C)cc4-c4cccc5oc6ccccc6c45)c4cc(C(C)(C)C)cc(c42)N3c2c(-c3cccc4sc5ccccc5c34)cccc2-c2cccc3sc4ccccc4c23)c1. The summed E-state index contributed by atoms with van der Waals surface area (Å²) in [6.45, 7) is 18.2. The first-order valence-corrected chi connectivity index (χ1v) is 42.0. The molecule has 4 nitrogen and oxygen atoms in total. The highest BCUT2D eigenvalue weighted by molar-refractivity contribution is 7.26. The molecule has 0 saturated heterocycles.